The van der Waals surface area contributed by atoms with Gasteiger partial charge in [-0.2, -0.15) is 0 Å². The van der Waals surface area contributed by atoms with Gasteiger partial charge in [-0.3, -0.25) is 0 Å². The van der Waals surface area contributed by atoms with Gasteiger partial charge < -0.3 is 10.6 Å². The number of nitrogens with one attached hydrogen (secondary N) is 2. The second-order valence-electron chi connectivity index (χ2n) is 5.28. The molecule has 0 spiro atoms. The summed E-state index contributed by atoms with van der Waals surface area (Å²) in [4.78, 5) is 0. The van der Waals surface area contributed by atoms with Crippen LogP contribution in [-0.2, 0) is 0 Å². The SMILES string of the molecule is c1ccc(C2=C(c3ccccc3)Nc3ccccc3N2)cc1. The van der Waals surface area contributed by atoms with Crippen molar-refractivity contribution in [2.75, 3.05) is 10.6 Å². The van der Waals surface area contributed by atoms with E-state index in [1.807, 2.05) is 24.3 Å². The van der Waals surface area contributed by atoms with Gasteiger partial charge >= 0.3 is 0 Å². The van der Waals surface area contributed by atoms with Gasteiger partial charge in [-0.05, 0) is 12.1 Å². The number of fused-ring (bicyclic) bond motifs is 1. The third kappa shape index (κ3) is 2.25. The summed E-state index contributed by atoms with van der Waals surface area (Å²) in [5, 5.41) is 7.16. The number of hydrogen-bond donors (Lipinski definition) is 2. The van der Waals surface area contributed by atoms with Gasteiger partial charge in [0.2, 0.25) is 0 Å². The fraction of sp³-hybridized carbons (Fsp3) is 0. The Bertz CT molecular complexity index is 750. The van der Waals surface area contributed by atoms with Crippen molar-refractivity contribution in [3.8, 4) is 0 Å². The standard InChI is InChI=1S/C20H16N2/c1-3-9-15(10-4-1)19-20(16-11-5-2-6-12-16)22-18-14-8-7-13-17(18)21-19/h1-14,21-22H. The number of rotatable bonds is 2. The van der Waals surface area contributed by atoms with Gasteiger partial charge in [-0.1, -0.05) is 72.8 Å². The minimum Gasteiger partial charge on any atom is -0.352 e. The van der Waals surface area contributed by atoms with Gasteiger partial charge in [0.05, 0.1) is 22.8 Å². The van der Waals surface area contributed by atoms with Crippen LogP contribution >= 0.6 is 0 Å². The molecule has 1 aliphatic heterocycles. The lowest BCUT2D eigenvalue weighted by Gasteiger charge is -2.26. The lowest BCUT2D eigenvalue weighted by Crippen LogP contribution is -2.15. The normalized spacial score (nSPS) is 13.1. The quantitative estimate of drug-likeness (QED) is 0.688. The van der Waals surface area contributed by atoms with Crippen molar-refractivity contribution < 1.29 is 0 Å². The zero-order valence-electron chi connectivity index (χ0n) is 12.1. The summed E-state index contributed by atoms with van der Waals surface area (Å²) in [7, 11) is 0. The van der Waals surface area contributed by atoms with Crippen molar-refractivity contribution in [1.82, 2.24) is 0 Å². The Kier molecular flexibility index (Phi) is 3.13. The van der Waals surface area contributed by atoms with Crippen LogP contribution in [0, 0.1) is 0 Å². The van der Waals surface area contributed by atoms with E-state index in [4.69, 9.17) is 0 Å². The Morgan fingerprint density at radius 2 is 0.773 bits per heavy atom. The topological polar surface area (TPSA) is 24.1 Å². The van der Waals surface area contributed by atoms with Crippen molar-refractivity contribution in [3.63, 3.8) is 0 Å². The van der Waals surface area contributed by atoms with E-state index < -0.39 is 0 Å². The number of para-hydroxylation sites is 2. The molecule has 3 aromatic carbocycles. The van der Waals surface area contributed by atoms with E-state index in [0.717, 1.165) is 22.8 Å². The van der Waals surface area contributed by atoms with Crippen LogP contribution in [0.1, 0.15) is 11.1 Å². The molecule has 2 N–H and O–H groups in total. The molecule has 106 valence electrons. The molecule has 0 unspecified atom stereocenters. The van der Waals surface area contributed by atoms with Crippen molar-refractivity contribution in [2.24, 2.45) is 0 Å². The molecule has 0 atom stereocenters. The van der Waals surface area contributed by atoms with Gasteiger partial charge in [-0.15, -0.1) is 0 Å². The summed E-state index contributed by atoms with van der Waals surface area (Å²) in [6.07, 6.45) is 0. The molecule has 0 aromatic heterocycles. The van der Waals surface area contributed by atoms with Crippen LogP contribution < -0.4 is 10.6 Å². The molecule has 3 aromatic rings. The summed E-state index contributed by atoms with van der Waals surface area (Å²) in [6.45, 7) is 0. The Labute approximate surface area is 130 Å². The van der Waals surface area contributed by atoms with E-state index >= 15 is 0 Å². The average molecular weight is 284 g/mol. The van der Waals surface area contributed by atoms with Crippen molar-refractivity contribution in [3.05, 3.63) is 96.1 Å². The lowest BCUT2D eigenvalue weighted by molar-refractivity contribution is 1.44. The van der Waals surface area contributed by atoms with Crippen LogP contribution in [-0.4, -0.2) is 0 Å². The van der Waals surface area contributed by atoms with Crippen LogP contribution in [0.3, 0.4) is 0 Å². The molecule has 22 heavy (non-hydrogen) atoms. The highest BCUT2D eigenvalue weighted by Crippen LogP contribution is 2.37. The van der Waals surface area contributed by atoms with Crippen LogP contribution in [0.25, 0.3) is 11.4 Å². The van der Waals surface area contributed by atoms with Gasteiger partial charge in [0.15, 0.2) is 0 Å². The van der Waals surface area contributed by atoms with Gasteiger partial charge in [-0.25, -0.2) is 0 Å². The third-order valence-electron chi connectivity index (χ3n) is 3.82. The van der Waals surface area contributed by atoms with E-state index in [1.165, 1.54) is 11.1 Å². The largest absolute Gasteiger partial charge is 0.352 e. The Morgan fingerprint density at radius 3 is 1.18 bits per heavy atom. The van der Waals surface area contributed by atoms with Crippen LogP contribution in [0.15, 0.2) is 84.9 Å². The maximum absolute atomic E-state index is 3.58. The predicted molar refractivity (Wildman–Crippen MR) is 93.4 cm³/mol. The summed E-state index contributed by atoms with van der Waals surface area (Å²) in [6, 6.07) is 29.1. The minimum absolute atomic E-state index is 1.10. The highest BCUT2D eigenvalue weighted by Gasteiger charge is 2.18. The number of hydrogen-bond acceptors (Lipinski definition) is 2. The Morgan fingerprint density at radius 1 is 0.409 bits per heavy atom. The van der Waals surface area contributed by atoms with Gasteiger partial charge in [0.1, 0.15) is 0 Å². The molecule has 0 saturated carbocycles. The van der Waals surface area contributed by atoms with Gasteiger partial charge in [0.25, 0.3) is 0 Å². The van der Waals surface area contributed by atoms with E-state index in [0.29, 0.717) is 0 Å². The third-order valence-corrected chi connectivity index (χ3v) is 3.82. The monoisotopic (exact) mass is 284 g/mol. The predicted octanol–water partition coefficient (Wildman–Crippen LogP) is 5.05. The number of benzene rings is 3. The molecule has 0 amide bonds. The molecular weight excluding hydrogens is 268 g/mol. The molecule has 0 fully saturated rings. The molecule has 4 rings (SSSR count). The second kappa shape index (κ2) is 5.41. The van der Waals surface area contributed by atoms with E-state index in [1.54, 1.807) is 0 Å². The van der Waals surface area contributed by atoms with Crippen molar-refractivity contribution >= 4 is 22.8 Å². The van der Waals surface area contributed by atoms with Crippen LogP contribution in [0.2, 0.25) is 0 Å². The molecule has 2 heteroatoms. The fourth-order valence-corrected chi connectivity index (χ4v) is 2.74. The molecule has 1 heterocycles. The van der Waals surface area contributed by atoms with Crippen molar-refractivity contribution in [1.29, 1.82) is 0 Å². The smallest absolute Gasteiger partial charge is 0.0703 e. The average Bonchev–Trinajstić information content (AvgIpc) is 2.62. The fourth-order valence-electron chi connectivity index (χ4n) is 2.74. The zero-order valence-corrected chi connectivity index (χ0v) is 12.1. The number of anilines is 2. The summed E-state index contributed by atoms with van der Waals surface area (Å²) < 4.78 is 0. The first kappa shape index (κ1) is 12.7. The molecule has 2 nitrogen and oxygen atoms in total. The van der Waals surface area contributed by atoms with E-state index in [2.05, 4.69) is 71.3 Å². The summed E-state index contributed by atoms with van der Waals surface area (Å²) >= 11 is 0. The van der Waals surface area contributed by atoms with Gasteiger partial charge in [0, 0.05) is 11.1 Å². The Hall–Kier alpha value is -3.00. The maximum Gasteiger partial charge on any atom is 0.0703 e. The molecule has 0 aliphatic carbocycles. The summed E-state index contributed by atoms with van der Waals surface area (Å²) in [5.74, 6) is 0. The second-order valence-corrected chi connectivity index (χ2v) is 5.28. The molecule has 0 bridgehead atoms. The lowest BCUT2D eigenvalue weighted by atomic mass is 10.0. The molecular formula is C20H16N2. The summed E-state index contributed by atoms with van der Waals surface area (Å²) in [5.41, 5.74) is 6.74. The maximum atomic E-state index is 3.58. The first-order valence-electron chi connectivity index (χ1n) is 7.40. The zero-order chi connectivity index (χ0) is 14.8. The highest BCUT2D eigenvalue weighted by molar-refractivity contribution is 6.05. The highest BCUT2D eigenvalue weighted by atomic mass is 15.0. The Balaban J connectivity index is 1.89. The first-order chi connectivity index (χ1) is 10.9. The first-order valence-corrected chi connectivity index (χ1v) is 7.40. The molecule has 0 saturated heterocycles. The molecule has 1 aliphatic rings. The van der Waals surface area contributed by atoms with E-state index in [9.17, 15) is 0 Å². The minimum atomic E-state index is 1.10. The van der Waals surface area contributed by atoms with Crippen LogP contribution in [0.4, 0.5) is 11.4 Å². The van der Waals surface area contributed by atoms with E-state index in [-0.39, 0.29) is 0 Å². The van der Waals surface area contributed by atoms with Crippen LogP contribution in [0.5, 0.6) is 0 Å². The molecule has 0 radical (unpaired) electrons. The van der Waals surface area contributed by atoms with Crippen molar-refractivity contribution in [2.45, 2.75) is 0 Å².